The van der Waals surface area contributed by atoms with E-state index in [1.807, 2.05) is 31.5 Å². The summed E-state index contributed by atoms with van der Waals surface area (Å²) >= 11 is 5.81. The Labute approximate surface area is 94.3 Å². The zero-order chi connectivity index (χ0) is 10.7. The number of thiol groups is 1. The van der Waals surface area contributed by atoms with E-state index in [2.05, 4.69) is 12.6 Å². The standard InChI is InChI=1S/C10H15NOS2/c1-7(9-5-4-6-14-9)11(3)10(12)8(2)13/h4-8,13H,1-3H3. The first kappa shape index (κ1) is 11.6. The molecule has 2 nitrogen and oxygen atoms in total. The van der Waals surface area contributed by atoms with Gasteiger partial charge in [0, 0.05) is 11.9 Å². The molecule has 2 atom stereocenters. The highest BCUT2D eigenvalue weighted by molar-refractivity contribution is 7.81. The van der Waals surface area contributed by atoms with Gasteiger partial charge in [0.1, 0.15) is 0 Å². The molecule has 0 aliphatic heterocycles. The predicted octanol–water partition coefficient (Wildman–Crippen LogP) is 2.59. The van der Waals surface area contributed by atoms with Crippen LogP contribution in [0.5, 0.6) is 0 Å². The zero-order valence-electron chi connectivity index (χ0n) is 8.60. The number of carbonyl (C=O) groups excluding carboxylic acids is 1. The van der Waals surface area contributed by atoms with E-state index < -0.39 is 0 Å². The summed E-state index contributed by atoms with van der Waals surface area (Å²) < 4.78 is 0. The van der Waals surface area contributed by atoms with Gasteiger partial charge in [0.2, 0.25) is 5.91 Å². The fourth-order valence-electron chi connectivity index (χ4n) is 1.21. The minimum Gasteiger partial charge on any atom is -0.337 e. The van der Waals surface area contributed by atoms with Crippen LogP contribution in [0.3, 0.4) is 0 Å². The fourth-order valence-corrected chi connectivity index (χ4v) is 2.21. The summed E-state index contributed by atoms with van der Waals surface area (Å²) in [5.41, 5.74) is 0. The van der Waals surface area contributed by atoms with Crippen molar-refractivity contribution in [3.05, 3.63) is 22.4 Å². The van der Waals surface area contributed by atoms with E-state index in [0.717, 1.165) is 0 Å². The summed E-state index contributed by atoms with van der Waals surface area (Å²) in [6.45, 7) is 3.82. The van der Waals surface area contributed by atoms with Gasteiger partial charge >= 0.3 is 0 Å². The molecule has 4 heteroatoms. The number of rotatable bonds is 3. The highest BCUT2D eigenvalue weighted by Gasteiger charge is 2.20. The molecule has 0 aliphatic carbocycles. The zero-order valence-corrected chi connectivity index (χ0v) is 10.3. The molecule has 1 rings (SSSR count). The molecule has 0 bridgehead atoms. The number of nitrogens with zero attached hydrogens (tertiary/aromatic N) is 1. The van der Waals surface area contributed by atoms with E-state index in [9.17, 15) is 4.79 Å². The van der Waals surface area contributed by atoms with Crippen molar-refractivity contribution in [2.24, 2.45) is 0 Å². The Bertz CT molecular complexity index is 295. The summed E-state index contributed by atoms with van der Waals surface area (Å²) in [6.07, 6.45) is 0. The summed E-state index contributed by atoms with van der Waals surface area (Å²) in [5, 5.41) is 1.79. The maximum absolute atomic E-state index is 11.6. The van der Waals surface area contributed by atoms with Crippen LogP contribution >= 0.6 is 24.0 Å². The SMILES string of the molecule is CC(S)C(=O)N(C)C(C)c1cccs1. The molecule has 14 heavy (non-hydrogen) atoms. The molecule has 0 radical (unpaired) electrons. The highest BCUT2D eigenvalue weighted by Crippen LogP contribution is 2.24. The summed E-state index contributed by atoms with van der Waals surface area (Å²) in [6, 6.07) is 4.18. The Morgan fingerprint density at radius 2 is 2.21 bits per heavy atom. The number of thiophene rings is 1. The van der Waals surface area contributed by atoms with Gasteiger partial charge in [-0.1, -0.05) is 6.07 Å². The van der Waals surface area contributed by atoms with Crippen molar-refractivity contribution < 1.29 is 4.79 Å². The van der Waals surface area contributed by atoms with E-state index in [1.54, 1.807) is 23.2 Å². The van der Waals surface area contributed by atoms with Crippen LogP contribution < -0.4 is 0 Å². The molecule has 78 valence electrons. The number of hydrogen-bond donors (Lipinski definition) is 1. The second kappa shape index (κ2) is 4.84. The lowest BCUT2D eigenvalue weighted by Crippen LogP contribution is -2.34. The van der Waals surface area contributed by atoms with Gasteiger partial charge in [-0.25, -0.2) is 0 Å². The van der Waals surface area contributed by atoms with Crippen LogP contribution in [0.25, 0.3) is 0 Å². The van der Waals surface area contributed by atoms with Crippen molar-refractivity contribution in [3.63, 3.8) is 0 Å². The monoisotopic (exact) mass is 229 g/mol. The van der Waals surface area contributed by atoms with Crippen LogP contribution in [-0.2, 0) is 4.79 Å². The molecule has 0 saturated carbocycles. The van der Waals surface area contributed by atoms with Crippen LogP contribution in [-0.4, -0.2) is 23.1 Å². The van der Waals surface area contributed by atoms with Crippen LogP contribution in [0.2, 0.25) is 0 Å². The topological polar surface area (TPSA) is 20.3 Å². The van der Waals surface area contributed by atoms with E-state index >= 15 is 0 Å². The number of hydrogen-bond acceptors (Lipinski definition) is 3. The van der Waals surface area contributed by atoms with Gasteiger partial charge in [-0.15, -0.1) is 11.3 Å². The average Bonchev–Trinajstić information content (AvgIpc) is 2.67. The lowest BCUT2D eigenvalue weighted by Gasteiger charge is -2.25. The van der Waals surface area contributed by atoms with Crippen LogP contribution in [0.1, 0.15) is 24.8 Å². The Morgan fingerprint density at radius 1 is 1.57 bits per heavy atom. The van der Waals surface area contributed by atoms with Gasteiger partial charge in [0.05, 0.1) is 11.3 Å². The van der Waals surface area contributed by atoms with Gasteiger partial charge in [-0.05, 0) is 25.3 Å². The Kier molecular flexibility index (Phi) is 4.01. The number of carbonyl (C=O) groups is 1. The van der Waals surface area contributed by atoms with E-state index in [-0.39, 0.29) is 17.2 Å². The smallest absolute Gasteiger partial charge is 0.235 e. The third-order valence-corrected chi connectivity index (χ3v) is 3.50. The Hall–Kier alpha value is -0.480. The predicted molar refractivity (Wildman–Crippen MR) is 64.0 cm³/mol. The van der Waals surface area contributed by atoms with E-state index in [0.29, 0.717) is 0 Å². The molecule has 0 N–H and O–H groups in total. The van der Waals surface area contributed by atoms with Crippen molar-refractivity contribution in [2.45, 2.75) is 25.1 Å². The second-order valence-electron chi connectivity index (χ2n) is 3.32. The second-order valence-corrected chi connectivity index (χ2v) is 5.07. The molecule has 1 aromatic heterocycles. The number of amides is 1. The van der Waals surface area contributed by atoms with Crippen molar-refractivity contribution in [1.29, 1.82) is 0 Å². The summed E-state index contributed by atoms with van der Waals surface area (Å²) in [5.74, 6) is 0.0641. The van der Waals surface area contributed by atoms with Gasteiger partial charge in [0.15, 0.2) is 0 Å². The summed E-state index contributed by atoms with van der Waals surface area (Å²) in [4.78, 5) is 14.6. The first-order chi connectivity index (χ1) is 6.54. The van der Waals surface area contributed by atoms with E-state index in [4.69, 9.17) is 0 Å². The van der Waals surface area contributed by atoms with Crippen LogP contribution in [0.4, 0.5) is 0 Å². The van der Waals surface area contributed by atoms with Crippen molar-refractivity contribution in [1.82, 2.24) is 4.90 Å². The minimum absolute atomic E-state index is 0.0641. The molecular weight excluding hydrogens is 214 g/mol. The third kappa shape index (κ3) is 2.51. The lowest BCUT2D eigenvalue weighted by atomic mass is 10.2. The van der Waals surface area contributed by atoms with Gasteiger partial charge in [-0.2, -0.15) is 12.6 Å². The molecular formula is C10H15NOS2. The fraction of sp³-hybridized carbons (Fsp3) is 0.500. The largest absolute Gasteiger partial charge is 0.337 e. The van der Waals surface area contributed by atoms with Gasteiger partial charge in [-0.3, -0.25) is 4.79 Å². The molecule has 0 spiro atoms. The average molecular weight is 229 g/mol. The van der Waals surface area contributed by atoms with Crippen molar-refractivity contribution in [3.8, 4) is 0 Å². The van der Waals surface area contributed by atoms with Gasteiger partial charge in [0.25, 0.3) is 0 Å². The van der Waals surface area contributed by atoms with Crippen LogP contribution in [0, 0.1) is 0 Å². The molecule has 2 unspecified atom stereocenters. The Morgan fingerprint density at radius 3 is 2.64 bits per heavy atom. The molecule has 1 aromatic rings. The van der Waals surface area contributed by atoms with Gasteiger partial charge < -0.3 is 4.90 Å². The highest BCUT2D eigenvalue weighted by atomic mass is 32.1. The quantitative estimate of drug-likeness (QED) is 0.790. The molecule has 1 heterocycles. The normalized spacial score (nSPS) is 14.9. The molecule has 0 saturated heterocycles. The summed E-state index contributed by atoms with van der Waals surface area (Å²) in [7, 11) is 1.82. The first-order valence-electron chi connectivity index (χ1n) is 4.52. The van der Waals surface area contributed by atoms with Crippen LogP contribution in [0.15, 0.2) is 17.5 Å². The molecule has 0 aromatic carbocycles. The van der Waals surface area contributed by atoms with E-state index in [1.165, 1.54) is 4.88 Å². The first-order valence-corrected chi connectivity index (χ1v) is 5.91. The third-order valence-electron chi connectivity index (χ3n) is 2.24. The maximum atomic E-state index is 11.6. The van der Waals surface area contributed by atoms with Crippen molar-refractivity contribution in [2.75, 3.05) is 7.05 Å². The molecule has 1 amide bonds. The minimum atomic E-state index is -0.234. The lowest BCUT2D eigenvalue weighted by molar-refractivity contribution is -0.130. The van der Waals surface area contributed by atoms with Crippen molar-refractivity contribution >= 4 is 29.9 Å². The molecule has 0 aliphatic rings. The maximum Gasteiger partial charge on any atom is 0.235 e. The molecule has 0 fully saturated rings. The Balaban J connectivity index is 2.70.